The third-order valence-corrected chi connectivity index (χ3v) is 2.22. The van der Waals surface area contributed by atoms with Gasteiger partial charge in [0.15, 0.2) is 0 Å². The molecule has 0 aliphatic rings. The predicted octanol–water partition coefficient (Wildman–Crippen LogP) is 0.807. The first kappa shape index (κ1) is 15.1. The van der Waals surface area contributed by atoms with E-state index in [1.807, 2.05) is 30.3 Å². The molecule has 2 N–H and O–H groups in total. The summed E-state index contributed by atoms with van der Waals surface area (Å²) in [6.07, 6.45) is 0. The van der Waals surface area contributed by atoms with Crippen LogP contribution in [0.25, 0.3) is 10.8 Å². The van der Waals surface area contributed by atoms with Crippen molar-refractivity contribution < 1.29 is 18.4 Å². The highest BCUT2D eigenvalue weighted by Crippen LogP contribution is 2.25. The highest BCUT2D eigenvalue weighted by Gasteiger charge is 2.00. The second kappa shape index (κ2) is 6.63. The normalized spacial score (nSPS) is 11.1. The standard InChI is InChI=1S/C10H8O3S.Al.H2O/c11-14(12)13-10-7-3-5-8-4-1-2-6-9(8)10;;/h1-7H,(H,11,12);;1H2/p-1. The molecule has 6 heteroatoms. The largest absolute Gasteiger partial charge is 0.740 e. The van der Waals surface area contributed by atoms with Crippen molar-refractivity contribution in [2.24, 2.45) is 0 Å². The Bertz CT molecular complexity index is 484. The van der Waals surface area contributed by atoms with Gasteiger partial charge in [0, 0.05) is 22.7 Å². The van der Waals surface area contributed by atoms with Crippen LogP contribution in [0.1, 0.15) is 0 Å². The summed E-state index contributed by atoms with van der Waals surface area (Å²) in [6.45, 7) is 0. The minimum absolute atomic E-state index is 0. The first-order chi connectivity index (χ1) is 6.77. The van der Waals surface area contributed by atoms with E-state index in [4.69, 9.17) is 0 Å². The monoisotopic (exact) mass is 252 g/mol. The van der Waals surface area contributed by atoms with Crippen LogP contribution >= 0.6 is 0 Å². The lowest BCUT2D eigenvalue weighted by Gasteiger charge is -2.09. The fourth-order valence-electron chi connectivity index (χ4n) is 1.34. The maximum Gasteiger partial charge on any atom is 0.147 e. The van der Waals surface area contributed by atoms with Crippen molar-refractivity contribution in [2.45, 2.75) is 0 Å². The Morgan fingerprint density at radius 3 is 2.38 bits per heavy atom. The van der Waals surface area contributed by atoms with E-state index in [2.05, 4.69) is 4.18 Å². The van der Waals surface area contributed by atoms with E-state index in [0.717, 1.165) is 10.8 Å². The Kier molecular flexibility index (Phi) is 6.26. The smallest absolute Gasteiger partial charge is 0.147 e. The van der Waals surface area contributed by atoms with Crippen molar-refractivity contribution in [1.82, 2.24) is 0 Å². The van der Waals surface area contributed by atoms with Crippen LogP contribution in [-0.2, 0) is 11.4 Å². The lowest BCUT2D eigenvalue weighted by atomic mass is 10.1. The molecule has 3 radical (unpaired) electrons. The molecule has 0 heterocycles. The van der Waals surface area contributed by atoms with Gasteiger partial charge in [0.25, 0.3) is 0 Å². The zero-order valence-corrected chi connectivity index (χ0v) is 10.2. The van der Waals surface area contributed by atoms with Crippen molar-refractivity contribution in [1.29, 1.82) is 0 Å². The van der Waals surface area contributed by atoms with Gasteiger partial charge in [0.05, 0.1) is 0 Å². The third-order valence-electron chi connectivity index (χ3n) is 1.91. The zero-order valence-electron chi connectivity index (χ0n) is 8.25. The number of hydrogen-bond donors (Lipinski definition) is 0. The van der Waals surface area contributed by atoms with Gasteiger partial charge < -0.3 is 14.2 Å². The SMILES string of the molecule is O.O=S([O-])Oc1cccc2ccccc12.[Al]. The second-order valence-corrected chi connectivity index (χ2v) is 3.34. The lowest BCUT2D eigenvalue weighted by molar-refractivity contribution is 0.442. The maximum atomic E-state index is 10.4. The lowest BCUT2D eigenvalue weighted by Crippen LogP contribution is -1.98. The summed E-state index contributed by atoms with van der Waals surface area (Å²) in [5, 5.41) is 1.75. The molecule has 0 amide bonds. The van der Waals surface area contributed by atoms with Crippen molar-refractivity contribution in [3.63, 3.8) is 0 Å². The van der Waals surface area contributed by atoms with Gasteiger partial charge >= 0.3 is 0 Å². The van der Waals surface area contributed by atoms with E-state index in [-0.39, 0.29) is 22.8 Å². The van der Waals surface area contributed by atoms with Crippen LogP contribution < -0.4 is 4.18 Å². The van der Waals surface area contributed by atoms with Gasteiger partial charge in [-0.15, -0.1) is 0 Å². The second-order valence-electron chi connectivity index (χ2n) is 2.76. The van der Waals surface area contributed by atoms with Crippen LogP contribution in [0.5, 0.6) is 5.75 Å². The maximum absolute atomic E-state index is 10.4. The summed E-state index contributed by atoms with van der Waals surface area (Å²) < 4.78 is 25.4. The summed E-state index contributed by atoms with van der Waals surface area (Å²) in [6, 6.07) is 12.7. The molecule has 0 bridgehead atoms. The van der Waals surface area contributed by atoms with Crippen LogP contribution in [0, 0.1) is 0 Å². The quantitative estimate of drug-likeness (QED) is 0.585. The molecule has 0 aliphatic heterocycles. The van der Waals surface area contributed by atoms with Crippen LogP contribution in [0.3, 0.4) is 0 Å². The van der Waals surface area contributed by atoms with E-state index >= 15 is 0 Å². The molecular formula is C10H9AlO4S-. The molecule has 16 heavy (non-hydrogen) atoms. The number of benzene rings is 2. The molecule has 0 spiro atoms. The van der Waals surface area contributed by atoms with Crippen LogP contribution in [-0.4, -0.2) is 31.6 Å². The molecule has 0 aromatic heterocycles. The van der Waals surface area contributed by atoms with Gasteiger partial charge in [-0.25, -0.2) is 4.21 Å². The minimum atomic E-state index is -2.52. The Hall–Kier alpha value is -0.898. The molecule has 2 aromatic carbocycles. The van der Waals surface area contributed by atoms with E-state index in [0.29, 0.717) is 5.75 Å². The molecule has 0 fully saturated rings. The van der Waals surface area contributed by atoms with E-state index in [1.54, 1.807) is 12.1 Å². The Labute approximate surface area is 106 Å². The molecule has 0 aliphatic carbocycles. The fourth-order valence-corrected chi connectivity index (χ4v) is 1.63. The third kappa shape index (κ3) is 3.30. The van der Waals surface area contributed by atoms with Crippen molar-refractivity contribution in [2.75, 3.05) is 0 Å². The van der Waals surface area contributed by atoms with Crippen LogP contribution in [0.2, 0.25) is 0 Å². The molecule has 0 saturated carbocycles. The molecule has 1 unspecified atom stereocenters. The van der Waals surface area contributed by atoms with Crippen LogP contribution in [0.4, 0.5) is 0 Å². The summed E-state index contributed by atoms with van der Waals surface area (Å²) in [4.78, 5) is 0. The first-order valence-electron chi connectivity index (χ1n) is 4.03. The molecule has 4 nitrogen and oxygen atoms in total. The van der Waals surface area contributed by atoms with Crippen molar-refractivity contribution in [3.05, 3.63) is 42.5 Å². The van der Waals surface area contributed by atoms with E-state index in [9.17, 15) is 8.76 Å². The highest BCUT2D eigenvalue weighted by molar-refractivity contribution is 7.74. The average molecular weight is 252 g/mol. The Morgan fingerprint density at radius 1 is 1.06 bits per heavy atom. The van der Waals surface area contributed by atoms with Gasteiger partial charge in [0.2, 0.25) is 0 Å². The molecule has 2 aromatic rings. The van der Waals surface area contributed by atoms with Crippen LogP contribution in [0.15, 0.2) is 42.5 Å². The topological polar surface area (TPSA) is 80.9 Å². The summed E-state index contributed by atoms with van der Waals surface area (Å²) >= 11 is -2.52. The number of fused-ring (bicyclic) bond motifs is 1. The molecule has 83 valence electrons. The van der Waals surface area contributed by atoms with E-state index < -0.39 is 11.4 Å². The van der Waals surface area contributed by atoms with Crippen molar-refractivity contribution in [3.8, 4) is 5.75 Å². The molecule has 1 atom stereocenters. The predicted molar refractivity (Wildman–Crippen MR) is 62.9 cm³/mol. The summed E-state index contributed by atoms with van der Waals surface area (Å²) in [5.74, 6) is 0.358. The van der Waals surface area contributed by atoms with Gasteiger partial charge in [-0.2, -0.15) is 0 Å². The molecule has 0 saturated heterocycles. The zero-order chi connectivity index (χ0) is 9.97. The summed E-state index contributed by atoms with van der Waals surface area (Å²) in [7, 11) is 0. The highest BCUT2D eigenvalue weighted by atomic mass is 32.2. The minimum Gasteiger partial charge on any atom is -0.740 e. The number of rotatable bonds is 2. The van der Waals surface area contributed by atoms with Crippen molar-refractivity contribution >= 4 is 39.5 Å². The van der Waals surface area contributed by atoms with Gasteiger partial charge in [0.1, 0.15) is 17.1 Å². The van der Waals surface area contributed by atoms with E-state index in [1.165, 1.54) is 0 Å². The number of hydrogen-bond acceptors (Lipinski definition) is 3. The molecule has 2 rings (SSSR count). The van der Waals surface area contributed by atoms with Gasteiger partial charge in [-0.1, -0.05) is 36.4 Å². The first-order valence-corrected chi connectivity index (χ1v) is 5.03. The van der Waals surface area contributed by atoms with Gasteiger partial charge in [-0.05, 0) is 11.5 Å². The Morgan fingerprint density at radius 2 is 1.69 bits per heavy atom. The fraction of sp³-hybridized carbons (Fsp3) is 0. The molecular weight excluding hydrogens is 243 g/mol. The summed E-state index contributed by atoms with van der Waals surface area (Å²) in [5.41, 5.74) is 0. The van der Waals surface area contributed by atoms with Gasteiger partial charge in [-0.3, -0.25) is 0 Å². The average Bonchev–Trinajstić information content (AvgIpc) is 2.18. The Balaban J connectivity index is 0.00000112.